The second-order valence-electron chi connectivity index (χ2n) is 6.99. The maximum atomic E-state index is 13.0. The van der Waals surface area contributed by atoms with E-state index in [1.54, 1.807) is 37.4 Å². The number of carbonyl (C=O) groups is 1. The summed E-state index contributed by atoms with van der Waals surface area (Å²) in [6, 6.07) is 12.2. The Balaban J connectivity index is 1.65. The van der Waals surface area contributed by atoms with Gasteiger partial charge in [0.25, 0.3) is 10.2 Å². The Hall–Kier alpha value is -2.82. The Labute approximate surface area is 182 Å². The quantitative estimate of drug-likeness (QED) is 0.663. The van der Waals surface area contributed by atoms with Crippen molar-refractivity contribution in [2.24, 2.45) is 0 Å². The first kappa shape index (κ1) is 22.9. The summed E-state index contributed by atoms with van der Waals surface area (Å²) in [7, 11) is 0.843. The van der Waals surface area contributed by atoms with Gasteiger partial charge in [0.05, 0.1) is 27.9 Å². The molecule has 0 spiro atoms. The van der Waals surface area contributed by atoms with Crippen molar-refractivity contribution in [3.8, 4) is 17.2 Å². The molecule has 1 saturated heterocycles. The molecule has 168 valence electrons. The number of anilines is 1. The summed E-state index contributed by atoms with van der Waals surface area (Å²) < 4.78 is 44.2. The highest BCUT2D eigenvalue weighted by Crippen LogP contribution is 2.29. The van der Waals surface area contributed by atoms with Gasteiger partial charge in [-0.1, -0.05) is 12.1 Å². The van der Waals surface area contributed by atoms with Crippen LogP contribution in [0.25, 0.3) is 0 Å². The number of methoxy groups -OCH3 is 3. The van der Waals surface area contributed by atoms with E-state index in [0.717, 1.165) is 5.56 Å². The number of hydrogen-bond donors (Lipinski definition) is 1. The molecule has 0 saturated carbocycles. The fourth-order valence-electron chi connectivity index (χ4n) is 3.35. The van der Waals surface area contributed by atoms with Gasteiger partial charge < -0.3 is 19.5 Å². The minimum absolute atomic E-state index is 0.236. The largest absolute Gasteiger partial charge is 0.497 e. The summed E-state index contributed by atoms with van der Waals surface area (Å²) in [5, 5.41) is 2.72. The third kappa shape index (κ3) is 5.46. The predicted molar refractivity (Wildman–Crippen MR) is 117 cm³/mol. The van der Waals surface area contributed by atoms with E-state index in [1.165, 1.54) is 22.8 Å². The molecule has 0 bridgehead atoms. The lowest BCUT2D eigenvalue weighted by atomic mass is 10.2. The van der Waals surface area contributed by atoms with Crippen molar-refractivity contribution in [1.29, 1.82) is 0 Å². The molecule has 0 atom stereocenters. The zero-order valence-electron chi connectivity index (χ0n) is 17.8. The standard InChI is InChI=1S/C21H27N3O6S/c1-28-18-8-5-16(6-9-18)14-23-11-4-12-24(31(23,26)27)15-21(25)22-17-7-10-19(29-2)20(13-17)30-3/h5-10,13H,4,11-12,14-15H2,1-3H3,(H,22,25). The summed E-state index contributed by atoms with van der Waals surface area (Å²) in [6.07, 6.45) is 0.638. The van der Waals surface area contributed by atoms with Gasteiger partial charge in [-0.3, -0.25) is 4.79 Å². The maximum Gasteiger partial charge on any atom is 0.282 e. The second-order valence-corrected chi connectivity index (χ2v) is 8.92. The second kappa shape index (κ2) is 9.99. The highest BCUT2D eigenvalue weighted by molar-refractivity contribution is 7.86. The van der Waals surface area contributed by atoms with Gasteiger partial charge in [0, 0.05) is 31.4 Å². The molecule has 1 aliphatic rings. The number of hydrogen-bond acceptors (Lipinski definition) is 6. The van der Waals surface area contributed by atoms with Gasteiger partial charge in [-0.05, 0) is 36.2 Å². The van der Waals surface area contributed by atoms with E-state index in [0.29, 0.717) is 42.4 Å². The van der Waals surface area contributed by atoms with E-state index >= 15 is 0 Å². The van der Waals surface area contributed by atoms with E-state index in [-0.39, 0.29) is 13.1 Å². The summed E-state index contributed by atoms with van der Waals surface area (Å²) in [5.74, 6) is 1.28. The number of ether oxygens (including phenoxy) is 3. The third-order valence-electron chi connectivity index (χ3n) is 4.97. The van der Waals surface area contributed by atoms with Crippen LogP contribution in [0.15, 0.2) is 42.5 Å². The van der Waals surface area contributed by atoms with Crippen molar-refractivity contribution in [3.63, 3.8) is 0 Å². The van der Waals surface area contributed by atoms with Gasteiger partial charge in [-0.15, -0.1) is 0 Å². The minimum atomic E-state index is -3.76. The molecule has 31 heavy (non-hydrogen) atoms. The summed E-state index contributed by atoms with van der Waals surface area (Å²) >= 11 is 0. The Kier molecular flexibility index (Phi) is 7.37. The fourth-order valence-corrected chi connectivity index (χ4v) is 4.99. The van der Waals surface area contributed by atoms with E-state index in [1.807, 2.05) is 12.1 Å². The van der Waals surface area contributed by atoms with Crippen LogP contribution in [0, 0.1) is 0 Å². The average Bonchev–Trinajstić information content (AvgIpc) is 2.77. The lowest BCUT2D eigenvalue weighted by molar-refractivity contribution is -0.116. The van der Waals surface area contributed by atoms with Crippen LogP contribution >= 0.6 is 0 Å². The molecule has 10 heteroatoms. The zero-order chi connectivity index (χ0) is 22.4. The molecule has 0 aliphatic carbocycles. The van der Waals surface area contributed by atoms with Crippen LogP contribution in [0.5, 0.6) is 17.2 Å². The lowest BCUT2D eigenvalue weighted by Gasteiger charge is -2.34. The summed E-state index contributed by atoms with van der Waals surface area (Å²) in [6.45, 7) is 0.666. The summed E-state index contributed by atoms with van der Waals surface area (Å²) in [4.78, 5) is 12.5. The Bertz CT molecular complexity index is 1010. The zero-order valence-corrected chi connectivity index (χ0v) is 18.6. The lowest BCUT2D eigenvalue weighted by Crippen LogP contribution is -2.51. The van der Waals surface area contributed by atoms with Crippen LogP contribution in [0.1, 0.15) is 12.0 Å². The van der Waals surface area contributed by atoms with Crippen LogP contribution in [0.3, 0.4) is 0 Å². The molecule has 3 rings (SSSR count). The highest BCUT2D eigenvalue weighted by Gasteiger charge is 2.34. The van der Waals surface area contributed by atoms with Crippen LogP contribution in [0.2, 0.25) is 0 Å². The van der Waals surface area contributed by atoms with Crippen molar-refractivity contribution in [2.75, 3.05) is 46.3 Å². The van der Waals surface area contributed by atoms with E-state index in [9.17, 15) is 13.2 Å². The Morgan fingerprint density at radius 1 is 0.935 bits per heavy atom. The first-order valence-corrected chi connectivity index (χ1v) is 11.2. The van der Waals surface area contributed by atoms with Crippen LogP contribution in [0.4, 0.5) is 5.69 Å². The predicted octanol–water partition coefficient (Wildman–Crippen LogP) is 2.10. The van der Waals surface area contributed by atoms with E-state index in [2.05, 4.69) is 5.32 Å². The molecule has 2 aromatic rings. The van der Waals surface area contributed by atoms with Gasteiger partial charge in [0.15, 0.2) is 11.5 Å². The topological polar surface area (TPSA) is 97.4 Å². The SMILES string of the molecule is COc1ccc(CN2CCCN(CC(=O)Nc3ccc(OC)c(OC)c3)S2(=O)=O)cc1. The third-order valence-corrected chi connectivity index (χ3v) is 6.90. The first-order valence-electron chi connectivity index (χ1n) is 9.77. The molecule has 1 N–H and O–H groups in total. The van der Waals surface area contributed by atoms with Gasteiger partial charge in [-0.25, -0.2) is 0 Å². The smallest absolute Gasteiger partial charge is 0.282 e. The van der Waals surface area contributed by atoms with Crippen LogP contribution < -0.4 is 19.5 Å². The molecule has 1 amide bonds. The molecular formula is C21H27N3O6S. The molecule has 0 unspecified atom stereocenters. The summed E-state index contributed by atoms with van der Waals surface area (Å²) in [5.41, 5.74) is 1.34. The van der Waals surface area contributed by atoms with Crippen molar-refractivity contribution < 1.29 is 27.4 Å². The van der Waals surface area contributed by atoms with E-state index < -0.39 is 16.1 Å². The van der Waals surface area contributed by atoms with E-state index in [4.69, 9.17) is 14.2 Å². The van der Waals surface area contributed by atoms with Crippen molar-refractivity contribution in [2.45, 2.75) is 13.0 Å². The van der Waals surface area contributed by atoms with Crippen molar-refractivity contribution in [3.05, 3.63) is 48.0 Å². The van der Waals surface area contributed by atoms with Gasteiger partial charge >= 0.3 is 0 Å². The molecule has 0 radical (unpaired) electrons. The average molecular weight is 450 g/mol. The molecule has 1 fully saturated rings. The fraction of sp³-hybridized carbons (Fsp3) is 0.381. The van der Waals surface area contributed by atoms with Crippen molar-refractivity contribution >= 4 is 21.8 Å². The van der Waals surface area contributed by atoms with Crippen LogP contribution in [-0.2, 0) is 21.5 Å². The molecule has 1 aliphatic heterocycles. The highest BCUT2D eigenvalue weighted by atomic mass is 32.2. The molecule has 1 heterocycles. The number of nitrogens with one attached hydrogen (secondary N) is 1. The molecule has 2 aromatic carbocycles. The van der Waals surface area contributed by atoms with Gasteiger partial charge in [-0.2, -0.15) is 17.0 Å². The molecule has 0 aromatic heterocycles. The Morgan fingerprint density at radius 2 is 1.61 bits per heavy atom. The number of carbonyl (C=O) groups excluding carboxylic acids is 1. The Morgan fingerprint density at radius 3 is 2.26 bits per heavy atom. The van der Waals surface area contributed by atoms with Crippen molar-refractivity contribution in [1.82, 2.24) is 8.61 Å². The number of nitrogens with zero attached hydrogens (tertiary/aromatic N) is 2. The molecule has 9 nitrogen and oxygen atoms in total. The number of rotatable bonds is 8. The number of benzene rings is 2. The maximum absolute atomic E-state index is 13.0. The minimum Gasteiger partial charge on any atom is -0.497 e. The van der Waals surface area contributed by atoms with Gasteiger partial charge in [0.1, 0.15) is 5.75 Å². The number of amides is 1. The normalized spacial score (nSPS) is 16.5. The monoisotopic (exact) mass is 449 g/mol. The van der Waals surface area contributed by atoms with Gasteiger partial charge in [0.2, 0.25) is 5.91 Å². The molecular weight excluding hydrogens is 422 g/mol. The van der Waals surface area contributed by atoms with Crippen LogP contribution in [-0.4, -0.2) is 63.9 Å². The first-order chi connectivity index (χ1) is 14.9.